The first-order chi connectivity index (χ1) is 13.3. The maximum Gasteiger partial charge on any atom is 0.242 e. The molecule has 3 aromatic rings. The number of ether oxygens (including phenoxy) is 2. The van der Waals surface area contributed by atoms with Crippen molar-refractivity contribution in [1.29, 1.82) is 0 Å². The molecule has 1 amide bonds. The van der Waals surface area contributed by atoms with Gasteiger partial charge in [0.05, 0.1) is 31.0 Å². The van der Waals surface area contributed by atoms with Gasteiger partial charge in [-0.3, -0.25) is 4.79 Å². The summed E-state index contributed by atoms with van der Waals surface area (Å²) in [5.74, 6) is 1.05. The number of anilines is 2. The number of amides is 1. The lowest BCUT2D eigenvalue weighted by atomic mass is 10.00. The van der Waals surface area contributed by atoms with Crippen molar-refractivity contribution < 1.29 is 14.3 Å². The Morgan fingerprint density at radius 3 is 2.53 bits per heavy atom. The van der Waals surface area contributed by atoms with Crippen LogP contribution in [0.2, 0.25) is 0 Å². The Kier molecular flexibility index (Phi) is 8.74. The molecule has 0 aliphatic heterocycles. The standard InChI is InChI=1S/C20H25N5O3.2ClH/c1-11-14(12(2)22-19-18(11)20(28-5)24-25(19)3)7-9-17(26)23-16-10-13(27-4)6-8-15(16)21;;/h6,8,10H,7,9,21H2,1-5H3,(H,23,26);2*1H. The van der Waals surface area contributed by atoms with Crippen LogP contribution < -0.4 is 20.5 Å². The van der Waals surface area contributed by atoms with Crippen molar-refractivity contribution in [2.45, 2.75) is 26.7 Å². The maximum absolute atomic E-state index is 12.5. The number of halogens is 2. The van der Waals surface area contributed by atoms with Crippen LogP contribution in [0.1, 0.15) is 23.2 Å². The number of hydrogen-bond acceptors (Lipinski definition) is 6. The van der Waals surface area contributed by atoms with Crippen LogP contribution in [0.5, 0.6) is 11.6 Å². The second-order valence-electron chi connectivity index (χ2n) is 6.63. The van der Waals surface area contributed by atoms with Gasteiger partial charge >= 0.3 is 0 Å². The number of carbonyl (C=O) groups excluding carboxylic acids is 1. The Labute approximate surface area is 188 Å². The quantitative estimate of drug-likeness (QED) is 0.550. The van der Waals surface area contributed by atoms with Crippen LogP contribution >= 0.6 is 24.8 Å². The number of nitrogens with one attached hydrogen (secondary N) is 1. The Bertz CT molecular complexity index is 1050. The molecular formula is C20H27Cl2N5O3. The van der Waals surface area contributed by atoms with E-state index in [0.29, 0.717) is 35.8 Å². The van der Waals surface area contributed by atoms with Crippen LogP contribution in [-0.2, 0) is 18.3 Å². The smallest absolute Gasteiger partial charge is 0.242 e. The van der Waals surface area contributed by atoms with E-state index in [1.54, 1.807) is 37.1 Å². The second-order valence-corrected chi connectivity index (χ2v) is 6.63. The second kappa shape index (κ2) is 10.4. The van der Waals surface area contributed by atoms with E-state index in [1.165, 1.54) is 0 Å². The molecule has 0 bridgehead atoms. The number of aryl methyl sites for hydroxylation is 3. The molecule has 0 unspecified atom stereocenters. The van der Waals surface area contributed by atoms with E-state index in [0.717, 1.165) is 27.9 Å². The van der Waals surface area contributed by atoms with Crippen molar-refractivity contribution in [3.05, 3.63) is 35.0 Å². The predicted molar refractivity (Wildman–Crippen MR) is 123 cm³/mol. The number of methoxy groups -OCH3 is 2. The fourth-order valence-electron chi connectivity index (χ4n) is 3.33. The summed E-state index contributed by atoms with van der Waals surface area (Å²) in [6.45, 7) is 3.95. The number of hydrogen-bond donors (Lipinski definition) is 2. The SMILES string of the molecule is COc1ccc(N)c(NC(=O)CCc2c(C)nc3c(c(OC)nn3C)c2C)c1.Cl.Cl. The third-order valence-corrected chi connectivity index (χ3v) is 4.85. The van der Waals surface area contributed by atoms with E-state index in [2.05, 4.69) is 15.4 Å². The molecule has 0 radical (unpaired) electrons. The predicted octanol–water partition coefficient (Wildman–Crippen LogP) is 3.60. The molecular weight excluding hydrogens is 429 g/mol. The molecule has 8 nitrogen and oxygen atoms in total. The fraction of sp³-hybridized carbons (Fsp3) is 0.350. The lowest BCUT2D eigenvalue weighted by Crippen LogP contribution is -2.14. The molecule has 164 valence electrons. The summed E-state index contributed by atoms with van der Waals surface area (Å²) in [5.41, 5.74) is 10.7. The zero-order valence-corrected chi connectivity index (χ0v) is 19.2. The molecule has 0 aliphatic rings. The number of nitrogens with zero attached hydrogens (tertiary/aromatic N) is 3. The summed E-state index contributed by atoms with van der Waals surface area (Å²) < 4.78 is 12.3. The molecule has 2 heterocycles. The maximum atomic E-state index is 12.5. The topological polar surface area (TPSA) is 104 Å². The lowest BCUT2D eigenvalue weighted by Gasteiger charge is -2.12. The van der Waals surface area contributed by atoms with Gasteiger partial charge in [0.15, 0.2) is 5.65 Å². The number of benzene rings is 1. The average molecular weight is 456 g/mol. The van der Waals surface area contributed by atoms with Gasteiger partial charge in [0.1, 0.15) is 5.75 Å². The number of nitrogens with two attached hydrogens (primary N) is 1. The normalized spacial score (nSPS) is 10.2. The van der Waals surface area contributed by atoms with E-state index in [1.807, 2.05) is 20.9 Å². The summed E-state index contributed by atoms with van der Waals surface area (Å²) in [7, 11) is 4.99. The van der Waals surface area contributed by atoms with Crippen LogP contribution in [0.25, 0.3) is 11.0 Å². The highest BCUT2D eigenvalue weighted by molar-refractivity contribution is 5.94. The Balaban J connectivity index is 0.00000225. The minimum absolute atomic E-state index is 0. The first kappa shape index (κ1) is 25.3. The van der Waals surface area contributed by atoms with Crippen LogP contribution in [-0.4, -0.2) is 34.9 Å². The minimum Gasteiger partial charge on any atom is -0.497 e. The Morgan fingerprint density at radius 2 is 1.90 bits per heavy atom. The van der Waals surface area contributed by atoms with Gasteiger partial charge in [0.25, 0.3) is 0 Å². The lowest BCUT2D eigenvalue weighted by molar-refractivity contribution is -0.116. The first-order valence-electron chi connectivity index (χ1n) is 8.95. The molecule has 1 aromatic carbocycles. The first-order valence-corrected chi connectivity index (χ1v) is 8.95. The van der Waals surface area contributed by atoms with Crippen LogP contribution in [0, 0.1) is 13.8 Å². The monoisotopic (exact) mass is 455 g/mol. The fourth-order valence-corrected chi connectivity index (χ4v) is 3.33. The molecule has 10 heteroatoms. The largest absolute Gasteiger partial charge is 0.497 e. The van der Waals surface area contributed by atoms with E-state index in [9.17, 15) is 4.79 Å². The van der Waals surface area contributed by atoms with Gasteiger partial charge in [-0.25, -0.2) is 9.67 Å². The summed E-state index contributed by atoms with van der Waals surface area (Å²) in [5, 5.41) is 8.09. The van der Waals surface area contributed by atoms with Gasteiger partial charge in [-0.05, 0) is 43.5 Å². The van der Waals surface area contributed by atoms with Crippen molar-refractivity contribution in [3.63, 3.8) is 0 Å². The number of nitrogen functional groups attached to an aromatic ring is 1. The number of aromatic nitrogens is 3. The van der Waals surface area contributed by atoms with Crippen molar-refractivity contribution in [2.24, 2.45) is 7.05 Å². The zero-order chi connectivity index (χ0) is 20.4. The third kappa shape index (κ3) is 4.88. The summed E-state index contributed by atoms with van der Waals surface area (Å²) in [6.07, 6.45) is 0.850. The van der Waals surface area contributed by atoms with Gasteiger partial charge in [-0.2, -0.15) is 0 Å². The summed E-state index contributed by atoms with van der Waals surface area (Å²) in [4.78, 5) is 17.1. The molecule has 0 saturated heterocycles. The summed E-state index contributed by atoms with van der Waals surface area (Å²) >= 11 is 0. The summed E-state index contributed by atoms with van der Waals surface area (Å²) in [6, 6.07) is 5.16. The number of carbonyl (C=O) groups is 1. The van der Waals surface area contributed by atoms with Gasteiger partial charge < -0.3 is 20.5 Å². The Hall–Kier alpha value is -2.71. The van der Waals surface area contributed by atoms with Crippen LogP contribution in [0.3, 0.4) is 0 Å². The number of pyridine rings is 1. The third-order valence-electron chi connectivity index (χ3n) is 4.85. The van der Waals surface area contributed by atoms with E-state index < -0.39 is 0 Å². The van der Waals surface area contributed by atoms with Crippen molar-refractivity contribution >= 4 is 53.1 Å². The van der Waals surface area contributed by atoms with Crippen molar-refractivity contribution in [2.75, 3.05) is 25.3 Å². The molecule has 0 aliphatic carbocycles. The Morgan fingerprint density at radius 1 is 1.20 bits per heavy atom. The van der Waals surface area contributed by atoms with Gasteiger partial charge in [0.2, 0.25) is 11.8 Å². The average Bonchev–Trinajstić information content (AvgIpc) is 2.99. The zero-order valence-electron chi connectivity index (χ0n) is 17.6. The molecule has 0 spiro atoms. The van der Waals surface area contributed by atoms with Crippen LogP contribution in [0.4, 0.5) is 11.4 Å². The van der Waals surface area contributed by atoms with Gasteiger partial charge in [-0.15, -0.1) is 29.9 Å². The van der Waals surface area contributed by atoms with E-state index in [-0.39, 0.29) is 30.7 Å². The van der Waals surface area contributed by atoms with Gasteiger partial charge in [0, 0.05) is 25.2 Å². The molecule has 3 N–H and O–H groups in total. The molecule has 30 heavy (non-hydrogen) atoms. The van der Waals surface area contributed by atoms with Crippen molar-refractivity contribution in [1.82, 2.24) is 14.8 Å². The molecule has 3 rings (SSSR count). The highest BCUT2D eigenvalue weighted by atomic mass is 35.5. The number of fused-ring (bicyclic) bond motifs is 1. The van der Waals surface area contributed by atoms with Gasteiger partial charge in [-0.1, -0.05) is 0 Å². The highest BCUT2D eigenvalue weighted by Crippen LogP contribution is 2.30. The molecule has 0 saturated carbocycles. The van der Waals surface area contributed by atoms with E-state index in [4.69, 9.17) is 15.2 Å². The number of rotatable bonds is 6. The highest BCUT2D eigenvalue weighted by Gasteiger charge is 2.18. The van der Waals surface area contributed by atoms with E-state index >= 15 is 0 Å². The molecule has 0 atom stereocenters. The van der Waals surface area contributed by atoms with Crippen LogP contribution in [0.15, 0.2) is 18.2 Å². The van der Waals surface area contributed by atoms with Crippen molar-refractivity contribution in [3.8, 4) is 11.6 Å². The molecule has 2 aromatic heterocycles. The minimum atomic E-state index is -0.128. The molecule has 0 fully saturated rings.